The number of aromatic nitrogens is 2. The van der Waals surface area contributed by atoms with Gasteiger partial charge in [0.15, 0.2) is 0 Å². The first-order chi connectivity index (χ1) is 13.1. The average molecular weight is 405 g/mol. The van der Waals surface area contributed by atoms with Gasteiger partial charge in [0.25, 0.3) is 0 Å². The van der Waals surface area contributed by atoms with Gasteiger partial charge in [0.05, 0.1) is 12.2 Å². The summed E-state index contributed by atoms with van der Waals surface area (Å²) in [4.78, 5) is 17.3. The molecule has 0 radical (unpaired) electrons. The Labute approximate surface area is 169 Å². The number of piperidine rings is 1. The molecule has 0 aliphatic carbocycles. The molecule has 3 heterocycles. The Hall–Kier alpha value is -1.50. The van der Waals surface area contributed by atoms with Crippen LogP contribution >= 0.6 is 23.1 Å². The summed E-state index contributed by atoms with van der Waals surface area (Å²) in [5.74, 6) is 1.43. The number of amides is 1. The summed E-state index contributed by atoms with van der Waals surface area (Å²) in [6.07, 6.45) is 2.38. The van der Waals surface area contributed by atoms with Gasteiger partial charge in [0.1, 0.15) is 0 Å². The molecule has 2 aromatic rings. The Kier molecular flexibility index (Phi) is 5.76. The number of rotatable bonds is 4. The first-order valence-electron chi connectivity index (χ1n) is 9.62. The van der Waals surface area contributed by atoms with Crippen molar-refractivity contribution in [2.45, 2.75) is 31.6 Å². The maximum Gasteiger partial charge on any atom is 0.236 e. The summed E-state index contributed by atoms with van der Waals surface area (Å²) in [5, 5.41) is 7.04. The molecule has 2 aliphatic rings. The lowest BCUT2D eigenvalue weighted by Gasteiger charge is -2.31. The zero-order valence-corrected chi connectivity index (χ0v) is 17.1. The van der Waals surface area contributed by atoms with Crippen LogP contribution in [0.1, 0.15) is 42.9 Å². The summed E-state index contributed by atoms with van der Waals surface area (Å²) in [6, 6.07) is 7.98. The SMILES string of the molecule is CC1CCN(CC(=O)N2C[C@H](c3ccc(Cl)cc3)[C@@H](c3csnn3)C2)CC1. The lowest BCUT2D eigenvalue weighted by molar-refractivity contribution is -0.131. The van der Waals surface area contributed by atoms with E-state index in [0.717, 1.165) is 36.3 Å². The number of likely N-dealkylation sites (tertiary alicyclic amines) is 2. The van der Waals surface area contributed by atoms with E-state index in [1.54, 1.807) is 0 Å². The molecule has 0 spiro atoms. The first kappa shape index (κ1) is 18.8. The minimum absolute atomic E-state index is 0.190. The van der Waals surface area contributed by atoms with Crippen molar-refractivity contribution < 1.29 is 4.79 Å². The van der Waals surface area contributed by atoms with E-state index in [4.69, 9.17) is 11.6 Å². The Morgan fingerprint density at radius 1 is 1.19 bits per heavy atom. The molecule has 4 rings (SSSR count). The minimum Gasteiger partial charge on any atom is -0.340 e. The van der Waals surface area contributed by atoms with Gasteiger partial charge in [-0.2, -0.15) is 0 Å². The smallest absolute Gasteiger partial charge is 0.236 e. The van der Waals surface area contributed by atoms with Crippen LogP contribution in [0, 0.1) is 5.92 Å². The van der Waals surface area contributed by atoms with E-state index < -0.39 is 0 Å². The highest BCUT2D eigenvalue weighted by molar-refractivity contribution is 7.03. The van der Waals surface area contributed by atoms with Crippen molar-refractivity contribution in [1.82, 2.24) is 19.4 Å². The van der Waals surface area contributed by atoms with Crippen molar-refractivity contribution in [3.63, 3.8) is 0 Å². The van der Waals surface area contributed by atoms with Crippen LogP contribution in [0.5, 0.6) is 0 Å². The Bertz CT molecular complexity index is 759. The van der Waals surface area contributed by atoms with E-state index in [1.807, 2.05) is 22.4 Å². The average Bonchev–Trinajstić information content (AvgIpc) is 3.33. The van der Waals surface area contributed by atoms with E-state index >= 15 is 0 Å². The molecule has 1 aromatic carbocycles. The monoisotopic (exact) mass is 404 g/mol. The third-order valence-electron chi connectivity index (χ3n) is 5.96. The Morgan fingerprint density at radius 2 is 1.89 bits per heavy atom. The van der Waals surface area contributed by atoms with Gasteiger partial charge in [-0.15, -0.1) is 5.10 Å². The predicted octanol–water partition coefficient (Wildman–Crippen LogP) is 3.63. The van der Waals surface area contributed by atoms with Crippen molar-refractivity contribution in [3.8, 4) is 0 Å². The Morgan fingerprint density at radius 3 is 2.56 bits per heavy atom. The molecule has 2 fully saturated rings. The molecule has 2 saturated heterocycles. The van der Waals surface area contributed by atoms with E-state index in [-0.39, 0.29) is 17.7 Å². The van der Waals surface area contributed by atoms with Crippen LogP contribution in [0.4, 0.5) is 0 Å². The predicted molar refractivity (Wildman–Crippen MR) is 108 cm³/mol. The topological polar surface area (TPSA) is 49.3 Å². The van der Waals surface area contributed by atoms with Gasteiger partial charge in [-0.3, -0.25) is 9.69 Å². The molecule has 0 bridgehead atoms. The molecule has 2 atom stereocenters. The van der Waals surface area contributed by atoms with Gasteiger partial charge >= 0.3 is 0 Å². The summed E-state index contributed by atoms with van der Waals surface area (Å²) >= 11 is 7.43. The van der Waals surface area contributed by atoms with Crippen LogP contribution in [-0.2, 0) is 4.79 Å². The highest BCUT2D eigenvalue weighted by Crippen LogP contribution is 2.39. The van der Waals surface area contributed by atoms with Gasteiger partial charge < -0.3 is 4.90 Å². The van der Waals surface area contributed by atoms with Crippen LogP contribution in [0.2, 0.25) is 5.02 Å². The van der Waals surface area contributed by atoms with Gasteiger partial charge in [-0.25, -0.2) is 0 Å². The molecular weight excluding hydrogens is 380 g/mol. The van der Waals surface area contributed by atoms with Crippen LogP contribution in [0.3, 0.4) is 0 Å². The van der Waals surface area contributed by atoms with Crippen molar-refractivity contribution in [2.24, 2.45) is 5.92 Å². The fourth-order valence-electron chi connectivity index (χ4n) is 4.20. The molecular formula is C20H25ClN4OS. The molecule has 2 aliphatic heterocycles. The second-order valence-corrected chi connectivity index (χ2v) is 8.90. The molecule has 1 amide bonds. The molecule has 27 heavy (non-hydrogen) atoms. The van der Waals surface area contributed by atoms with Crippen LogP contribution in [0.25, 0.3) is 0 Å². The third kappa shape index (κ3) is 4.33. The number of benzene rings is 1. The molecule has 5 nitrogen and oxygen atoms in total. The number of nitrogens with zero attached hydrogens (tertiary/aromatic N) is 4. The quantitative estimate of drug-likeness (QED) is 0.780. The molecule has 0 N–H and O–H groups in total. The maximum absolute atomic E-state index is 13.0. The van der Waals surface area contributed by atoms with E-state index in [2.05, 4.69) is 33.5 Å². The molecule has 1 aromatic heterocycles. The van der Waals surface area contributed by atoms with Gasteiger partial charge in [-0.1, -0.05) is 35.1 Å². The van der Waals surface area contributed by atoms with Crippen molar-refractivity contribution in [3.05, 3.63) is 45.9 Å². The molecule has 7 heteroatoms. The maximum atomic E-state index is 13.0. The molecule has 144 valence electrons. The second-order valence-electron chi connectivity index (χ2n) is 7.85. The minimum atomic E-state index is 0.190. The summed E-state index contributed by atoms with van der Waals surface area (Å²) in [5.41, 5.74) is 2.20. The lowest BCUT2D eigenvalue weighted by atomic mass is 9.87. The molecule has 0 saturated carbocycles. The van der Waals surface area contributed by atoms with Gasteiger partial charge in [0, 0.05) is 35.3 Å². The van der Waals surface area contributed by atoms with Gasteiger partial charge in [0.2, 0.25) is 5.91 Å². The molecule has 0 unspecified atom stereocenters. The van der Waals surface area contributed by atoms with Crippen LogP contribution < -0.4 is 0 Å². The van der Waals surface area contributed by atoms with Gasteiger partial charge in [-0.05, 0) is 61.1 Å². The number of halogens is 1. The normalized spacial score (nSPS) is 24.4. The summed E-state index contributed by atoms with van der Waals surface area (Å²) in [6.45, 7) is 6.32. The number of carbonyl (C=O) groups excluding carboxylic acids is 1. The largest absolute Gasteiger partial charge is 0.340 e. The first-order valence-corrected chi connectivity index (χ1v) is 10.8. The zero-order chi connectivity index (χ0) is 18.8. The second kappa shape index (κ2) is 8.25. The number of carbonyl (C=O) groups is 1. The standard InChI is InChI=1S/C20H25ClN4OS/c1-14-6-8-24(9-7-14)12-20(26)25-10-17(15-2-4-16(21)5-3-15)18(11-25)19-13-27-23-22-19/h2-5,13-14,17-18H,6-12H2,1H3/t17-,18+/m1/s1. The summed E-state index contributed by atoms with van der Waals surface area (Å²) < 4.78 is 4.04. The summed E-state index contributed by atoms with van der Waals surface area (Å²) in [7, 11) is 0. The zero-order valence-electron chi connectivity index (χ0n) is 15.6. The lowest BCUT2D eigenvalue weighted by Crippen LogP contribution is -2.42. The highest BCUT2D eigenvalue weighted by atomic mass is 35.5. The van der Waals surface area contributed by atoms with Crippen molar-refractivity contribution >= 4 is 29.0 Å². The number of hydrogen-bond donors (Lipinski definition) is 0. The van der Waals surface area contributed by atoms with E-state index in [9.17, 15) is 4.79 Å². The fraction of sp³-hybridized carbons (Fsp3) is 0.550. The van der Waals surface area contributed by atoms with E-state index in [0.29, 0.717) is 13.1 Å². The van der Waals surface area contributed by atoms with E-state index in [1.165, 1.54) is 29.9 Å². The van der Waals surface area contributed by atoms with Crippen molar-refractivity contribution in [2.75, 3.05) is 32.7 Å². The number of hydrogen-bond acceptors (Lipinski definition) is 5. The Balaban J connectivity index is 1.48. The van der Waals surface area contributed by atoms with Crippen molar-refractivity contribution in [1.29, 1.82) is 0 Å². The fourth-order valence-corrected chi connectivity index (χ4v) is 4.84. The highest BCUT2D eigenvalue weighted by Gasteiger charge is 2.38. The van der Waals surface area contributed by atoms with Crippen LogP contribution in [-0.4, -0.2) is 58.0 Å². The van der Waals surface area contributed by atoms with Crippen LogP contribution in [0.15, 0.2) is 29.6 Å². The third-order valence-corrected chi connectivity index (χ3v) is 6.74.